The molecule has 1 amide bonds. The van der Waals surface area contributed by atoms with Crippen molar-refractivity contribution in [3.63, 3.8) is 0 Å². The van der Waals surface area contributed by atoms with E-state index in [-0.39, 0.29) is 21.7 Å². The molecule has 0 spiro atoms. The number of amides is 1. The van der Waals surface area contributed by atoms with Gasteiger partial charge in [0.05, 0.1) is 28.8 Å². The smallest absolute Gasteiger partial charge is 0.335 e. The van der Waals surface area contributed by atoms with E-state index < -0.39 is 21.9 Å². The largest absolute Gasteiger partial charge is 0.497 e. The third kappa shape index (κ3) is 4.57. The summed E-state index contributed by atoms with van der Waals surface area (Å²) in [4.78, 5) is 24.1. The van der Waals surface area contributed by atoms with Crippen LogP contribution in [0.5, 0.6) is 5.75 Å². The zero-order chi connectivity index (χ0) is 23.5. The summed E-state index contributed by atoms with van der Waals surface area (Å²) in [5.74, 6) is -1.10. The predicted molar refractivity (Wildman–Crippen MR) is 121 cm³/mol. The third-order valence-corrected chi connectivity index (χ3v) is 6.82. The van der Waals surface area contributed by atoms with Crippen LogP contribution in [0.3, 0.4) is 0 Å². The van der Waals surface area contributed by atoms with Crippen molar-refractivity contribution in [3.05, 3.63) is 83.4 Å². The van der Waals surface area contributed by atoms with Gasteiger partial charge in [0.2, 0.25) is 0 Å². The lowest BCUT2D eigenvalue weighted by atomic mass is 10.1. The van der Waals surface area contributed by atoms with Crippen LogP contribution in [-0.4, -0.2) is 39.6 Å². The highest BCUT2D eigenvalue weighted by molar-refractivity contribution is 7.92. The minimum absolute atomic E-state index is 0.140. The summed E-state index contributed by atoms with van der Waals surface area (Å²) < 4.78 is 32.7. The average molecular weight is 455 g/mol. The van der Waals surface area contributed by atoms with Gasteiger partial charge in [-0.3, -0.25) is 9.10 Å². The number of rotatable bonds is 7. The number of nitrogens with one attached hydrogen (secondary N) is 1. The van der Waals surface area contributed by atoms with Crippen LogP contribution in [0.4, 0.5) is 11.4 Å². The van der Waals surface area contributed by atoms with Crippen LogP contribution in [0, 0.1) is 6.92 Å². The van der Waals surface area contributed by atoms with Crippen LogP contribution in [0.15, 0.2) is 71.6 Å². The molecule has 0 radical (unpaired) electrons. The van der Waals surface area contributed by atoms with E-state index >= 15 is 0 Å². The average Bonchev–Trinajstić information content (AvgIpc) is 2.79. The fraction of sp³-hybridized carbons (Fsp3) is 0.130. The maximum Gasteiger partial charge on any atom is 0.335 e. The Bertz CT molecular complexity index is 1270. The van der Waals surface area contributed by atoms with E-state index in [1.54, 1.807) is 43.3 Å². The number of carbonyl (C=O) groups is 2. The third-order valence-electron chi connectivity index (χ3n) is 4.91. The maximum atomic E-state index is 13.3. The molecule has 0 aliphatic carbocycles. The van der Waals surface area contributed by atoms with Crippen molar-refractivity contribution in [1.82, 2.24) is 0 Å². The summed E-state index contributed by atoms with van der Waals surface area (Å²) in [5.41, 5.74) is 1.05. The predicted octanol–water partition coefficient (Wildman–Crippen LogP) is 3.78. The minimum Gasteiger partial charge on any atom is -0.497 e. The standard InChI is InChI=1S/C23H22N2O6S/c1-15-8-9-16(23(27)28)14-21(15)32(29,30)25(2)20-7-5-4-6-19(20)22(26)24-17-10-12-18(31-3)13-11-17/h4-14H,1-3H3,(H,24,26)(H,27,28). The Hall–Kier alpha value is -3.85. The van der Waals surface area contributed by atoms with Crippen LogP contribution >= 0.6 is 0 Å². The van der Waals surface area contributed by atoms with Gasteiger partial charge in [-0.15, -0.1) is 0 Å². The van der Waals surface area contributed by atoms with E-state index in [1.807, 2.05) is 0 Å². The number of nitrogens with zero attached hydrogens (tertiary/aromatic N) is 1. The van der Waals surface area contributed by atoms with E-state index in [0.29, 0.717) is 17.0 Å². The highest BCUT2D eigenvalue weighted by atomic mass is 32.2. The van der Waals surface area contributed by atoms with Crippen LogP contribution in [0.25, 0.3) is 0 Å². The molecule has 2 N–H and O–H groups in total. The summed E-state index contributed by atoms with van der Waals surface area (Å²) in [6, 6.07) is 16.9. The van der Waals surface area contributed by atoms with Gasteiger partial charge >= 0.3 is 5.97 Å². The Morgan fingerprint density at radius 1 is 1.00 bits per heavy atom. The summed E-state index contributed by atoms with van der Waals surface area (Å²) >= 11 is 0. The monoisotopic (exact) mass is 454 g/mol. The van der Waals surface area contributed by atoms with E-state index in [1.165, 1.54) is 38.4 Å². The first-order chi connectivity index (χ1) is 15.1. The van der Waals surface area contributed by atoms with Crippen molar-refractivity contribution < 1.29 is 27.9 Å². The zero-order valence-electron chi connectivity index (χ0n) is 17.7. The first kappa shape index (κ1) is 22.8. The van der Waals surface area contributed by atoms with Crippen molar-refractivity contribution in [2.75, 3.05) is 23.8 Å². The SMILES string of the molecule is COc1ccc(NC(=O)c2ccccc2N(C)S(=O)(=O)c2cc(C(=O)O)ccc2C)cc1. The number of hydrogen-bond donors (Lipinski definition) is 2. The minimum atomic E-state index is -4.14. The van der Waals surface area contributed by atoms with Gasteiger partial charge in [-0.25, -0.2) is 13.2 Å². The second-order valence-electron chi connectivity index (χ2n) is 6.96. The maximum absolute atomic E-state index is 13.3. The Balaban J connectivity index is 1.97. The van der Waals surface area contributed by atoms with Crippen LogP contribution in [0.2, 0.25) is 0 Å². The number of methoxy groups -OCH3 is 1. The Kier molecular flexibility index (Phi) is 6.50. The van der Waals surface area contributed by atoms with Crippen molar-refractivity contribution in [2.45, 2.75) is 11.8 Å². The van der Waals surface area contributed by atoms with Gasteiger partial charge in [0.1, 0.15) is 5.75 Å². The van der Waals surface area contributed by atoms with Gasteiger partial charge in [0.25, 0.3) is 15.9 Å². The summed E-state index contributed by atoms with van der Waals surface area (Å²) in [5, 5.41) is 12.0. The Labute approximate surface area is 186 Å². The first-order valence-electron chi connectivity index (χ1n) is 9.52. The van der Waals surface area contributed by atoms with E-state index in [2.05, 4.69) is 5.32 Å². The lowest BCUT2D eigenvalue weighted by Crippen LogP contribution is -2.29. The lowest BCUT2D eigenvalue weighted by Gasteiger charge is -2.23. The van der Waals surface area contributed by atoms with E-state index in [4.69, 9.17) is 4.74 Å². The number of aryl methyl sites for hydroxylation is 1. The quantitative estimate of drug-likeness (QED) is 0.562. The molecule has 9 heteroatoms. The molecule has 0 aliphatic rings. The number of carboxylic acid groups (broad SMARTS) is 1. The summed E-state index contributed by atoms with van der Waals surface area (Å²) in [6.07, 6.45) is 0. The molecular weight excluding hydrogens is 432 g/mol. The number of anilines is 2. The van der Waals surface area contributed by atoms with Crippen molar-refractivity contribution in [3.8, 4) is 5.75 Å². The fourth-order valence-corrected chi connectivity index (χ4v) is 4.57. The van der Waals surface area contributed by atoms with Gasteiger partial charge in [-0.1, -0.05) is 18.2 Å². The fourth-order valence-electron chi connectivity index (χ4n) is 3.10. The number of carboxylic acids is 1. The Morgan fingerprint density at radius 3 is 2.28 bits per heavy atom. The first-order valence-corrected chi connectivity index (χ1v) is 11.0. The molecule has 0 aromatic heterocycles. The van der Waals surface area contributed by atoms with Crippen molar-refractivity contribution >= 4 is 33.3 Å². The normalized spacial score (nSPS) is 11.0. The molecule has 0 unspecified atom stereocenters. The van der Waals surface area contributed by atoms with Crippen LogP contribution in [-0.2, 0) is 10.0 Å². The Morgan fingerprint density at radius 2 is 1.66 bits per heavy atom. The molecule has 0 aliphatic heterocycles. The number of aromatic carboxylic acids is 1. The van der Waals surface area contributed by atoms with E-state index in [9.17, 15) is 23.1 Å². The number of ether oxygens (including phenoxy) is 1. The number of hydrogen-bond acceptors (Lipinski definition) is 5. The number of sulfonamides is 1. The molecular formula is C23H22N2O6S. The molecule has 0 bridgehead atoms. The summed E-state index contributed by atoms with van der Waals surface area (Å²) in [6.45, 7) is 1.58. The summed E-state index contributed by atoms with van der Waals surface area (Å²) in [7, 11) is -1.29. The molecule has 3 rings (SSSR count). The molecule has 0 saturated carbocycles. The van der Waals surface area contributed by atoms with Crippen LogP contribution in [0.1, 0.15) is 26.3 Å². The topological polar surface area (TPSA) is 113 Å². The molecule has 0 atom stereocenters. The van der Waals surface area contributed by atoms with Gasteiger partial charge in [0, 0.05) is 12.7 Å². The lowest BCUT2D eigenvalue weighted by molar-refractivity contribution is 0.0696. The highest BCUT2D eigenvalue weighted by Crippen LogP contribution is 2.28. The highest BCUT2D eigenvalue weighted by Gasteiger charge is 2.27. The number of para-hydroxylation sites is 1. The second-order valence-corrected chi connectivity index (χ2v) is 8.90. The van der Waals surface area contributed by atoms with Gasteiger partial charge < -0.3 is 15.2 Å². The molecule has 166 valence electrons. The van der Waals surface area contributed by atoms with E-state index in [0.717, 1.165) is 10.4 Å². The van der Waals surface area contributed by atoms with Gasteiger partial charge in [0.15, 0.2) is 0 Å². The molecule has 3 aromatic rings. The zero-order valence-corrected chi connectivity index (χ0v) is 18.5. The number of carbonyl (C=O) groups excluding carboxylic acids is 1. The van der Waals surface area contributed by atoms with Crippen molar-refractivity contribution in [1.29, 1.82) is 0 Å². The molecule has 32 heavy (non-hydrogen) atoms. The molecule has 0 saturated heterocycles. The van der Waals surface area contributed by atoms with Gasteiger partial charge in [-0.05, 0) is 61.0 Å². The molecule has 0 fully saturated rings. The molecule has 0 heterocycles. The van der Waals surface area contributed by atoms with Crippen LogP contribution < -0.4 is 14.4 Å². The molecule has 3 aromatic carbocycles. The number of benzene rings is 3. The van der Waals surface area contributed by atoms with Crippen molar-refractivity contribution in [2.24, 2.45) is 0 Å². The molecule has 8 nitrogen and oxygen atoms in total. The van der Waals surface area contributed by atoms with Gasteiger partial charge in [-0.2, -0.15) is 0 Å². The second kappa shape index (κ2) is 9.11.